The molecule has 6 nitrogen and oxygen atoms in total. The van der Waals surface area contributed by atoms with Gasteiger partial charge in [0.15, 0.2) is 5.78 Å². The van der Waals surface area contributed by atoms with Gasteiger partial charge in [-0.25, -0.2) is 9.97 Å². The number of hydrogen-bond acceptors (Lipinski definition) is 5. The number of ketones is 1. The van der Waals surface area contributed by atoms with E-state index in [1.54, 1.807) is 29.2 Å². The highest BCUT2D eigenvalue weighted by atomic mass is 35.5. The Balaban J connectivity index is 1.45. The Hall–Kier alpha value is -2.68. The topological polar surface area (TPSA) is 75.2 Å². The van der Waals surface area contributed by atoms with E-state index in [0.717, 1.165) is 12.4 Å². The van der Waals surface area contributed by atoms with Gasteiger partial charge in [-0.1, -0.05) is 11.6 Å². The molecule has 0 bridgehead atoms. The van der Waals surface area contributed by atoms with Crippen LogP contribution in [-0.4, -0.2) is 40.8 Å². The fraction of sp³-hybridized carbons (Fsp3) is 0.400. The number of carbonyl (C=O) groups excluding carboxylic acids is 2. The first-order valence-corrected chi connectivity index (χ1v) is 9.82. The molecule has 1 amide bonds. The molecular weight excluding hydrogens is 421 g/mol. The van der Waals surface area contributed by atoms with Crippen LogP contribution in [0.4, 0.5) is 19.0 Å². The molecule has 2 heterocycles. The summed E-state index contributed by atoms with van der Waals surface area (Å²) in [6.07, 6.45) is -2.31. The second-order valence-electron chi connectivity index (χ2n) is 7.02. The third kappa shape index (κ3) is 5.91. The van der Waals surface area contributed by atoms with Gasteiger partial charge in [0, 0.05) is 48.6 Å². The number of nitrogens with one attached hydrogen (secondary N) is 1. The van der Waals surface area contributed by atoms with Crippen molar-refractivity contribution in [2.75, 3.05) is 18.0 Å². The highest BCUT2D eigenvalue weighted by Crippen LogP contribution is 2.29. The normalized spacial score (nSPS) is 15.1. The summed E-state index contributed by atoms with van der Waals surface area (Å²) in [6.45, 7) is 0.923. The zero-order valence-corrected chi connectivity index (χ0v) is 16.7. The molecule has 10 heteroatoms. The van der Waals surface area contributed by atoms with Crippen molar-refractivity contribution < 1.29 is 22.8 Å². The number of benzene rings is 1. The minimum absolute atomic E-state index is 0.0720. The number of halogens is 4. The summed E-state index contributed by atoms with van der Waals surface area (Å²) in [7, 11) is 0. The van der Waals surface area contributed by atoms with E-state index in [1.165, 1.54) is 0 Å². The first-order valence-electron chi connectivity index (χ1n) is 9.44. The number of rotatable bonds is 6. The maximum Gasteiger partial charge on any atom is 0.433 e. The molecule has 1 aromatic heterocycles. The van der Waals surface area contributed by atoms with Crippen LogP contribution in [0.3, 0.4) is 0 Å². The quantitative estimate of drug-likeness (QED) is 0.689. The van der Waals surface area contributed by atoms with E-state index >= 15 is 0 Å². The monoisotopic (exact) mass is 440 g/mol. The van der Waals surface area contributed by atoms with E-state index in [1.807, 2.05) is 0 Å². The van der Waals surface area contributed by atoms with Crippen LogP contribution < -0.4 is 10.2 Å². The lowest BCUT2D eigenvalue weighted by atomic mass is 10.0. The first-order chi connectivity index (χ1) is 14.2. The lowest BCUT2D eigenvalue weighted by Crippen LogP contribution is -2.45. The summed E-state index contributed by atoms with van der Waals surface area (Å²) in [6, 6.07) is 7.32. The third-order valence-corrected chi connectivity index (χ3v) is 5.12. The summed E-state index contributed by atoms with van der Waals surface area (Å²) in [4.78, 5) is 33.2. The molecule has 2 aromatic rings. The fourth-order valence-electron chi connectivity index (χ4n) is 3.23. The van der Waals surface area contributed by atoms with Gasteiger partial charge in [-0.3, -0.25) is 9.59 Å². The van der Waals surface area contributed by atoms with Gasteiger partial charge in [0.2, 0.25) is 5.91 Å². The second-order valence-corrected chi connectivity index (χ2v) is 7.45. The summed E-state index contributed by atoms with van der Waals surface area (Å²) in [5.41, 5.74) is -0.475. The van der Waals surface area contributed by atoms with E-state index in [2.05, 4.69) is 15.3 Å². The van der Waals surface area contributed by atoms with Gasteiger partial charge in [-0.2, -0.15) is 13.2 Å². The highest BCUT2D eigenvalue weighted by Gasteiger charge is 2.33. The van der Waals surface area contributed by atoms with Gasteiger partial charge in [-0.05, 0) is 37.1 Å². The molecule has 0 saturated carbocycles. The molecule has 1 N–H and O–H groups in total. The lowest BCUT2D eigenvalue weighted by molar-refractivity contribution is -0.141. The number of carbonyl (C=O) groups is 2. The van der Waals surface area contributed by atoms with Crippen molar-refractivity contribution >= 4 is 29.1 Å². The van der Waals surface area contributed by atoms with E-state index in [0.29, 0.717) is 36.5 Å². The minimum atomic E-state index is -4.52. The lowest BCUT2D eigenvalue weighted by Gasteiger charge is -2.33. The van der Waals surface area contributed by atoms with Crippen LogP contribution in [0.5, 0.6) is 0 Å². The summed E-state index contributed by atoms with van der Waals surface area (Å²) >= 11 is 5.79. The minimum Gasteiger partial charge on any atom is -0.356 e. The molecule has 0 unspecified atom stereocenters. The van der Waals surface area contributed by atoms with Crippen LogP contribution in [0.2, 0.25) is 5.02 Å². The molecule has 1 aliphatic rings. The van der Waals surface area contributed by atoms with Crippen molar-refractivity contribution in [2.45, 2.75) is 37.9 Å². The molecule has 0 atom stereocenters. The zero-order valence-electron chi connectivity index (χ0n) is 16.0. The third-order valence-electron chi connectivity index (χ3n) is 4.87. The maximum atomic E-state index is 12.8. The van der Waals surface area contributed by atoms with Crippen molar-refractivity contribution in [1.29, 1.82) is 0 Å². The average Bonchev–Trinajstić information content (AvgIpc) is 2.72. The number of aromatic nitrogens is 2. The predicted octanol–water partition coefficient (Wildman–Crippen LogP) is 3.90. The summed E-state index contributed by atoms with van der Waals surface area (Å²) in [5, 5.41) is 3.43. The molecule has 30 heavy (non-hydrogen) atoms. The molecule has 1 aromatic carbocycles. The number of piperidine rings is 1. The van der Waals surface area contributed by atoms with Crippen LogP contribution in [-0.2, 0) is 11.0 Å². The van der Waals surface area contributed by atoms with Crippen LogP contribution in [0, 0.1) is 0 Å². The molecule has 1 saturated heterocycles. The van der Waals surface area contributed by atoms with Gasteiger partial charge in [0.05, 0.1) is 0 Å². The number of nitrogens with zero attached hydrogens (tertiary/aromatic N) is 3. The van der Waals surface area contributed by atoms with Crippen LogP contribution in [0.15, 0.2) is 36.7 Å². The Bertz CT molecular complexity index is 898. The molecule has 1 aliphatic heterocycles. The van der Waals surface area contributed by atoms with Gasteiger partial charge in [-0.15, -0.1) is 0 Å². The Morgan fingerprint density at radius 1 is 1.10 bits per heavy atom. The molecule has 0 spiro atoms. The Labute approximate surface area is 176 Å². The van der Waals surface area contributed by atoms with Crippen LogP contribution in [0.1, 0.15) is 41.7 Å². The van der Waals surface area contributed by atoms with Crippen LogP contribution >= 0.6 is 11.6 Å². The van der Waals surface area contributed by atoms with Gasteiger partial charge < -0.3 is 10.2 Å². The number of Topliss-reactive ketones (excluding diaryl/α,β-unsaturated/α-hetero) is 1. The van der Waals surface area contributed by atoms with Crippen molar-refractivity contribution in [3.8, 4) is 0 Å². The molecule has 1 fully saturated rings. The van der Waals surface area contributed by atoms with Gasteiger partial charge in [0.1, 0.15) is 17.8 Å². The molecule has 0 aliphatic carbocycles. The molecule has 160 valence electrons. The predicted molar refractivity (Wildman–Crippen MR) is 105 cm³/mol. The molecular formula is C20H20ClF3N4O2. The SMILES string of the molecule is O=C(CCC(=O)c1ccc(Cl)cc1)NC1CCN(c2cc(C(F)(F)F)ncn2)CC1. The molecule has 0 radical (unpaired) electrons. The standard InChI is InChI=1S/C20H20ClF3N4O2/c21-14-3-1-13(2-4-14)16(29)5-6-19(30)27-15-7-9-28(10-8-15)18-11-17(20(22,23)24)25-12-26-18/h1-4,11-12,15H,5-10H2,(H,27,30). The number of amides is 1. The van der Waals surface area contributed by atoms with Crippen molar-refractivity contribution in [3.05, 3.63) is 52.9 Å². The van der Waals surface area contributed by atoms with E-state index < -0.39 is 11.9 Å². The maximum absolute atomic E-state index is 12.8. The summed E-state index contributed by atoms with van der Waals surface area (Å²) in [5.74, 6) is -0.145. The van der Waals surface area contributed by atoms with Gasteiger partial charge >= 0.3 is 6.18 Å². The van der Waals surface area contributed by atoms with Crippen molar-refractivity contribution in [1.82, 2.24) is 15.3 Å². The highest BCUT2D eigenvalue weighted by molar-refractivity contribution is 6.30. The Morgan fingerprint density at radius 2 is 1.77 bits per heavy atom. The fourth-order valence-corrected chi connectivity index (χ4v) is 3.36. The second kappa shape index (κ2) is 9.42. The van der Waals surface area contributed by atoms with E-state index in [4.69, 9.17) is 11.6 Å². The first kappa shape index (κ1) is 22.0. The van der Waals surface area contributed by atoms with Crippen molar-refractivity contribution in [3.63, 3.8) is 0 Å². The average molecular weight is 441 g/mol. The van der Waals surface area contributed by atoms with Crippen LogP contribution in [0.25, 0.3) is 0 Å². The van der Waals surface area contributed by atoms with E-state index in [-0.39, 0.29) is 36.4 Å². The number of anilines is 1. The molecule has 3 rings (SSSR count). The van der Waals surface area contributed by atoms with Crippen molar-refractivity contribution in [2.24, 2.45) is 0 Å². The van der Waals surface area contributed by atoms with Gasteiger partial charge in [0.25, 0.3) is 0 Å². The largest absolute Gasteiger partial charge is 0.433 e. The summed E-state index contributed by atoms with van der Waals surface area (Å²) < 4.78 is 38.4. The zero-order chi connectivity index (χ0) is 21.7. The number of hydrogen-bond donors (Lipinski definition) is 1. The number of alkyl halides is 3. The smallest absolute Gasteiger partial charge is 0.356 e. The Morgan fingerprint density at radius 3 is 2.40 bits per heavy atom. The van der Waals surface area contributed by atoms with E-state index in [9.17, 15) is 22.8 Å². The Kier molecular flexibility index (Phi) is 6.91.